The molecule has 0 unspecified atom stereocenters. The first kappa shape index (κ1) is 22.4. The number of hydrogen-bond donors (Lipinski definition) is 1. The molecule has 2 amide bonds. The molecule has 0 bridgehead atoms. The number of quaternary nitrogens is 1. The first-order valence-corrected chi connectivity index (χ1v) is 11.8. The number of aliphatic imine (C=N–C) groups is 1. The van der Waals surface area contributed by atoms with E-state index in [4.69, 9.17) is 17.4 Å². The number of amides is 2. The molecule has 1 N–H and O–H groups in total. The Morgan fingerprint density at radius 3 is 2.41 bits per heavy atom. The SMILES string of the molecule is CCOC1=CC=C(N2C(=O)/C(=C\c3ccc([NH+]4CCCCCC4)cc3)C(=O)N=C2[S-])CC1. The molecule has 1 fully saturated rings. The van der Waals surface area contributed by atoms with Gasteiger partial charge in [0.1, 0.15) is 11.3 Å². The van der Waals surface area contributed by atoms with E-state index in [9.17, 15) is 9.59 Å². The number of amidine groups is 1. The van der Waals surface area contributed by atoms with Crippen LogP contribution in [0.1, 0.15) is 51.0 Å². The van der Waals surface area contributed by atoms with Crippen molar-refractivity contribution < 1.29 is 19.2 Å². The van der Waals surface area contributed by atoms with E-state index in [0.717, 1.165) is 30.1 Å². The highest BCUT2D eigenvalue weighted by molar-refractivity contribution is 7.77. The fourth-order valence-electron chi connectivity index (χ4n) is 4.40. The summed E-state index contributed by atoms with van der Waals surface area (Å²) in [7, 11) is 0. The Balaban J connectivity index is 1.55. The smallest absolute Gasteiger partial charge is 0.282 e. The third kappa shape index (κ3) is 5.00. The normalized spacial score (nSPS) is 21.7. The van der Waals surface area contributed by atoms with Crippen molar-refractivity contribution in [1.82, 2.24) is 4.90 Å². The number of carbonyl (C=O) groups excluding carboxylic acids is 2. The lowest BCUT2D eigenvalue weighted by Gasteiger charge is -2.34. The van der Waals surface area contributed by atoms with Gasteiger partial charge in [0, 0.05) is 12.1 Å². The quantitative estimate of drug-likeness (QED) is 0.425. The fraction of sp³-hybridized carbons (Fsp3) is 0.400. The second-order valence-electron chi connectivity index (χ2n) is 8.26. The summed E-state index contributed by atoms with van der Waals surface area (Å²) in [6.45, 7) is 4.84. The van der Waals surface area contributed by atoms with Gasteiger partial charge in [-0.05, 0) is 92.3 Å². The molecular formula is C25H29N3O3S. The molecule has 1 saturated heterocycles. The molecule has 1 aromatic carbocycles. The molecule has 0 radical (unpaired) electrons. The zero-order chi connectivity index (χ0) is 22.5. The minimum Gasteiger partial charge on any atom is -0.742 e. The third-order valence-corrected chi connectivity index (χ3v) is 6.37. The van der Waals surface area contributed by atoms with E-state index in [-0.39, 0.29) is 10.7 Å². The predicted octanol–water partition coefficient (Wildman–Crippen LogP) is 3.03. The van der Waals surface area contributed by atoms with Gasteiger partial charge < -0.3 is 22.3 Å². The van der Waals surface area contributed by atoms with Crippen LogP contribution in [0.3, 0.4) is 0 Å². The number of hydrogen-bond acceptors (Lipinski definition) is 4. The van der Waals surface area contributed by atoms with Crippen molar-refractivity contribution in [2.24, 2.45) is 4.99 Å². The van der Waals surface area contributed by atoms with Crippen molar-refractivity contribution in [1.29, 1.82) is 0 Å². The summed E-state index contributed by atoms with van der Waals surface area (Å²) in [5.74, 6) is -0.126. The molecular weight excluding hydrogens is 422 g/mol. The average Bonchev–Trinajstić information content (AvgIpc) is 3.08. The van der Waals surface area contributed by atoms with E-state index >= 15 is 0 Å². The Bertz CT molecular complexity index is 1000. The summed E-state index contributed by atoms with van der Waals surface area (Å²) in [5, 5.41) is -0.00299. The van der Waals surface area contributed by atoms with E-state index in [1.165, 1.54) is 41.2 Å². The van der Waals surface area contributed by atoms with Crippen LogP contribution in [-0.2, 0) is 27.0 Å². The van der Waals surface area contributed by atoms with Crippen LogP contribution in [0.4, 0.5) is 5.69 Å². The maximum absolute atomic E-state index is 13.2. The van der Waals surface area contributed by atoms with Crippen molar-refractivity contribution in [3.8, 4) is 0 Å². The van der Waals surface area contributed by atoms with Crippen LogP contribution in [0.15, 0.2) is 58.4 Å². The van der Waals surface area contributed by atoms with E-state index in [1.54, 1.807) is 6.08 Å². The number of nitrogens with zero attached hydrogens (tertiary/aromatic N) is 2. The largest absolute Gasteiger partial charge is 0.742 e. The molecule has 0 spiro atoms. The molecule has 0 aromatic heterocycles. The molecule has 3 aliphatic rings. The number of ether oxygens (including phenoxy) is 1. The van der Waals surface area contributed by atoms with Gasteiger partial charge in [-0.25, -0.2) is 4.99 Å². The number of nitrogens with one attached hydrogen (secondary N) is 1. The molecule has 1 aliphatic carbocycles. The average molecular weight is 452 g/mol. The Morgan fingerprint density at radius 1 is 1.06 bits per heavy atom. The summed E-state index contributed by atoms with van der Waals surface area (Å²) in [6, 6.07) is 8.12. The Morgan fingerprint density at radius 2 is 1.78 bits per heavy atom. The summed E-state index contributed by atoms with van der Waals surface area (Å²) >= 11 is 5.26. The van der Waals surface area contributed by atoms with Crippen LogP contribution in [0.25, 0.3) is 6.08 Å². The minimum absolute atomic E-state index is 0.00299. The van der Waals surface area contributed by atoms with Gasteiger partial charge in [0.25, 0.3) is 11.8 Å². The van der Waals surface area contributed by atoms with Gasteiger partial charge in [-0.15, -0.1) is 0 Å². The summed E-state index contributed by atoms with van der Waals surface area (Å²) in [6.07, 6.45) is 11.7. The molecule has 2 heterocycles. The maximum Gasteiger partial charge on any atom is 0.282 e. The number of rotatable bonds is 5. The standard InChI is InChI=1S/C25H29N3O3S/c1-2-31-21-13-11-20(12-14-21)28-24(30)22(23(29)26-25(28)32)17-18-7-9-19(10-8-18)27-15-5-3-4-6-16-27/h7-11,13,17H,2-6,12,14-16H2,1H3,(H,26,29,32)/b22-17-. The van der Waals surface area contributed by atoms with E-state index in [1.807, 2.05) is 31.2 Å². The van der Waals surface area contributed by atoms with Crippen molar-refractivity contribution in [3.63, 3.8) is 0 Å². The van der Waals surface area contributed by atoms with Crippen LogP contribution in [0, 0.1) is 0 Å². The van der Waals surface area contributed by atoms with Crippen LogP contribution in [0.5, 0.6) is 0 Å². The zero-order valence-electron chi connectivity index (χ0n) is 18.4. The monoisotopic (exact) mass is 451 g/mol. The highest BCUT2D eigenvalue weighted by Crippen LogP contribution is 2.27. The highest BCUT2D eigenvalue weighted by atomic mass is 32.1. The third-order valence-electron chi connectivity index (χ3n) is 6.10. The number of carbonyl (C=O) groups is 2. The van der Waals surface area contributed by atoms with Crippen molar-refractivity contribution in [3.05, 3.63) is 59.0 Å². The van der Waals surface area contributed by atoms with Gasteiger partial charge >= 0.3 is 0 Å². The predicted molar refractivity (Wildman–Crippen MR) is 127 cm³/mol. The van der Waals surface area contributed by atoms with Gasteiger partial charge in [0.05, 0.1) is 25.5 Å². The van der Waals surface area contributed by atoms with Gasteiger partial charge in [0.15, 0.2) is 0 Å². The molecule has 0 saturated carbocycles. The minimum atomic E-state index is -0.583. The molecule has 0 atom stereocenters. The Kier molecular flexibility index (Phi) is 7.17. The summed E-state index contributed by atoms with van der Waals surface area (Å²) < 4.78 is 5.54. The molecule has 168 valence electrons. The maximum atomic E-state index is 13.2. The van der Waals surface area contributed by atoms with Crippen LogP contribution in [-0.4, -0.2) is 41.6 Å². The van der Waals surface area contributed by atoms with Crippen molar-refractivity contribution in [2.75, 3.05) is 19.7 Å². The Hall–Kier alpha value is -2.77. The highest BCUT2D eigenvalue weighted by Gasteiger charge is 2.31. The van der Waals surface area contributed by atoms with Crippen molar-refractivity contribution in [2.45, 2.75) is 45.4 Å². The molecule has 7 heteroatoms. The fourth-order valence-corrected chi connectivity index (χ4v) is 4.68. The van der Waals surface area contributed by atoms with Gasteiger partial charge in [0.2, 0.25) is 0 Å². The van der Waals surface area contributed by atoms with E-state index < -0.39 is 11.8 Å². The number of benzene rings is 1. The van der Waals surface area contributed by atoms with Crippen LogP contribution >= 0.6 is 0 Å². The summed E-state index contributed by atoms with van der Waals surface area (Å²) in [4.78, 5) is 32.5. The lowest BCUT2D eigenvalue weighted by atomic mass is 10.0. The molecule has 1 aromatic rings. The Labute approximate surface area is 194 Å². The molecule has 2 aliphatic heterocycles. The van der Waals surface area contributed by atoms with Gasteiger partial charge in [-0.1, -0.05) is 0 Å². The molecule has 4 rings (SSSR count). The van der Waals surface area contributed by atoms with E-state index in [0.29, 0.717) is 19.4 Å². The zero-order valence-corrected chi connectivity index (χ0v) is 19.2. The second kappa shape index (κ2) is 10.2. The topological polar surface area (TPSA) is 63.4 Å². The number of allylic oxidation sites excluding steroid dienone is 4. The first-order valence-electron chi connectivity index (χ1n) is 11.4. The second-order valence-corrected chi connectivity index (χ2v) is 8.63. The van der Waals surface area contributed by atoms with Crippen molar-refractivity contribution >= 4 is 41.4 Å². The summed E-state index contributed by atoms with van der Waals surface area (Å²) in [5.41, 5.74) is 2.82. The van der Waals surface area contributed by atoms with Crippen LogP contribution < -0.4 is 4.90 Å². The molecule has 32 heavy (non-hydrogen) atoms. The lowest BCUT2D eigenvalue weighted by Crippen LogP contribution is -3.07. The van der Waals surface area contributed by atoms with Gasteiger partial charge in [-0.2, -0.15) is 0 Å². The van der Waals surface area contributed by atoms with Crippen LogP contribution in [0.2, 0.25) is 0 Å². The molecule has 6 nitrogen and oxygen atoms in total. The lowest BCUT2D eigenvalue weighted by molar-refractivity contribution is -0.831. The van der Waals surface area contributed by atoms with Gasteiger partial charge in [-0.3, -0.25) is 14.5 Å². The van der Waals surface area contributed by atoms with E-state index in [2.05, 4.69) is 17.1 Å². The first-order chi connectivity index (χ1) is 15.6.